The van der Waals surface area contributed by atoms with Gasteiger partial charge in [0.15, 0.2) is 0 Å². The number of amides is 3. The van der Waals surface area contributed by atoms with Gasteiger partial charge >= 0.3 is 22.3 Å². The molecule has 1 aliphatic heterocycles. The van der Waals surface area contributed by atoms with Crippen LogP contribution in [0.5, 0.6) is 0 Å². The Hall–Kier alpha value is -4.01. The Morgan fingerprint density at radius 3 is 2.36 bits per heavy atom. The third-order valence-corrected chi connectivity index (χ3v) is 8.73. The third-order valence-electron chi connectivity index (χ3n) is 7.27. The molecule has 0 saturated carbocycles. The van der Waals surface area contributed by atoms with E-state index >= 15 is 0 Å². The van der Waals surface area contributed by atoms with Crippen molar-refractivity contribution >= 4 is 44.9 Å². The molecule has 246 valence electrons. The highest BCUT2D eigenvalue weighted by Gasteiger charge is 2.37. The van der Waals surface area contributed by atoms with Crippen molar-refractivity contribution in [2.45, 2.75) is 58.2 Å². The molecule has 3 amide bonds. The van der Waals surface area contributed by atoms with Crippen LogP contribution in [0.4, 0.5) is 4.79 Å². The molecule has 2 aromatic carbocycles. The highest BCUT2D eigenvalue weighted by atomic mass is 32.2. The summed E-state index contributed by atoms with van der Waals surface area (Å²) in [6.07, 6.45) is 2.19. The topological polar surface area (TPSA) is 163 Å². The van der Waals surface area contributed by atoms with Crippen LogP contribution in [0.15, 0.2) is 54.6 Å². The van der Waals surface area contributed by atoms with Crippen LogP contribution >= 0.6 is 0 Å². The minimum atomic E-state index is -4.50. The van der Waals surface area contributed by atoms with Crippen LogP contribution in [0.25, 0.3) is 10.8 Å². The number of hydrogen-bond acceptors (Lipinski definition) is 9. The second-order valence-corrected chi connectivity index (χ2v) is 13.3. The van der Waals surface area contributed by atoms with Crippen molar-refractivity contribution in [3.05, 3.63) is 60.2 Å². The molecule has 1 atom stereocenters. The van der Waals surface area contributed by atoms with Crippen molar-refractivity contribution in [3.8, 4) is 0 Å². The maximum atomic E-state index is 13.4. The number of methoxy groups -OCH3 is 1. The zero-order valence-corrected chi connectivity index (χ0v) is 27.2. The first kappa shape index (κ1) is 35.5. The number of rotatable bonds is 12. The summed E-state index contributed by atoms with van der Waals surface area (Å²) in [7, 11) is -3.27. The predicted molar refractivity (Wildman–Crippen MR) is 169 cm³/mol. The van der Waals surface area contributed by atoms with Crippen LogP contribution in [0, 0.1) is 0 Å². The van der Waals surface area contributed by atoms with Gasteiger partial charge in [-0.1, -0.05) is 48.5 Å². The number of fused-ring (bicyclic) bond motifs is 1. The number of carbonyl (C=O) groups is 4. The first-order valence-corrected chi connectivity index (χ1v) is 16.2. The van der Waals surface area contributed by atoms with Crippen LogP contribution in [0.3, 0.4) is 0 Å². The molecule has 1 fully saturated rings. The van der Waals surface area contributed by atoms with Crippen molar-refractivity contribution in [2.24, 2.45) is 0 Å². The molecule has 0 aromatic heterocycles. The van der Waals surface area contributed by atoms with E-state index in [1.54, 1.807) is 20.8 Å². The van der Waals surface area contributed by atoms with E-state index in [2.05, 4.69) is 51.5 Å². The van der Waals surface area contributed by atoms with E-state index in [1.807, 2.05) is 22.9 Å². The van der Waals surface area contributed by atoms with Crippen molar-refractivity contribution in [3.63, 3.8) is 0 Å². The predicted octanol–water partition coefficient (Wildman–Crippen LogP) is 2.40. The van der Waals surface area contributed by atoms with Gasteiger partial charge in [-0.2, -0.15) is 12.7 Å². The number of carbonyl (C=O) groups excluding carboxylic acids is 4. The van der Waals surface area contributed by atoms with Crippen molar-refractivity contribution in [1.29, 1.82) is 0 Å². The quantitative estimate of drug-likeness (QED) is 0.232. The molecule has 14 heteroatoms. The lowest BCUT2D eigenvalue weighted by Gasteiger charge is -2.40. The molecule has 0 radical (unpaired) electrons. The molecule has 2 aromatic rings. The normalized spacial score (nSPS) is 15.5. The molecule has 13 nitrogen and oxygen atoms in total. The van der Waals surface area contributed by atoms with E-state index in [9.17, 15) is 27.6 Å². The molecule has 0 spiro atoms. The van der Waals surface area contributed by atoms with Gasteiger partial charge in [-0.15, -0.1) is 0 Å². The average molecular weight is 646 g/mol. The minimum Gasteiger partial charge on any atom is -0.466 e. The average Bonchev–Trinajstić information content (AvgIpc) is 2.99. The number of piperidine rings is 1. The Balaban J connectivity index is 1.68. The molecule has 0 aliphatic carbocycles. The molecule has 1 heterocycles. The molecule has 0 unspecified atom stereocenters. The number of nitrogens with zero attached hydrogens (tertiary/aromatic N) is 2. The van der Waals surface area contributed by atoms with E-state index in [0.29, 0.717) is 25.9 Å². The maximum Gasteiger partial charge on any atom is 0.422 e. The third kappa shape index (κ3) is 10.8. The van der Waals surface area contributed by atoms with Gasteiger partial charge in [-0.3, -0.25) is 14.5 Å². The lowest BCUT2D eigenvalue weighted by atomic mass is 9.96. The zero-order valence-electron chi connectivity index (χ0n) is 26.4. The van der Waals surface area contributed by atoms with Gasteiger partial charge in [0.1, 0.15) is 5.60 Å². The largest absolute Gasteiger partial charge is 0.466 e. The Morgan fingerprint density at radius 2 is 1.69 bits per heavy atom. The van der Waals surface area contributed by atoms with Gasteiger partial charge in [0.05, 0.1) is 20.2 Å². The van der Waals surface area contributed by atoms with Crippen LogP contribution in [-0.2, 0) is 34.1 Å². The number of nitrogens with one attached hydrogen (secondary N) is 3. The lowest BCUT2D eigenvalue weighted by Crippen LogP contribution is -2.55. The molecular weight excluding hydrogens is 602 g/mol. The summed E-state index contributed by atoms with van der Waals surface area (Å²) in [5.74, 6) is -1.85. The molecule has 1 aliphatic rings. The van der Waals surface area contributed by atoms with Crippen molar-refractivity contribution in [2.75, 3.05) is 39.8 Å². The summed E-state index contributed by atoms with van der Waals surface area (Å²) >= 11 is 0. The van der Waals surface area contributed by atoms with E-state index in [-0.39, 0.29) is 12.6 Å². The van der Waals surface area contributed by atoms with Crippen molar-refractivity contribution < 1.29 is 37.1 Å². The van der Waals surface area contributed by atoms with Gasteiger partial charge in [0.25, 0.3) is 0 Å². The smallest absolute Gasteiger partial charge is 0.422 e. The van der Waals surface area contributed by atoms with Crippen LogP contribution in [0.2, 0.25) is 0 Å². The highest BCUT2D eigenvalue weighted by Crippen LogP contribution is 2.31. The summed E-state index contributed by atoms with van der Waals surface area (Å²) in [6, 6.07) is 13.8. The van der Waals surface area contributed by atoms with Gasteiger partial charge < -0.3 is 20.1 Å². The fraction of sp³-hybridized carbons (Fsp3) is 0.484. The van der Waals surface area contributed by atoms with Gasteiger partial charge in [0, 0.05) is 37.8 Å². The Morgan fingerprint density at radius 1 is 1.02 bits per heavy atom. The molecule has 45 heavy (non-hydrogen) atoms. The highest BCUT2D eigenvalue weighted by molar-refractivity contribution is 7.87. The van der Waals surface area contributed by atoms with E-state index in [4.69, 9.17) is 4.74 Å². The van der Waals surface area contributed by atoms with Crippen LogP contribution < -0.4 is 15.4 Å². The molecule has 0 bridgehead atoms. The van der Waals surface area contributed by atoms with Crippen molar-refractivity contribution in [1.82, 2.24) is 24.6 Å². The number of hydrogen-bond donors (Lipinski definition) is 3. The monoisotopic (exact) mass is 645 g/mol. The molecular formula is C31H43N5O8S. The van der Waals surface area contributed by atoms with Gasteiger partial charge in [-0.05, 0) is 56.9 Å². The fourth-order valence-corrected chi connectivity index (χ4v) is 6.34. The summed E-state index contributed by atoms with van der Waals surface area (Å²) in [5, 5.41) is 7.20. The Bertz CT molecular complexity index is 1490. The maximum absolute atomic E-state index is 13.4. The summed E-state index contributed by atoms with van der Waals surface area (Å²) in [5.41, 5.74) is 0.227. The number of ether oxygens (including phenoxy) is 2. The number of esters is 1. The van der Waals surface area contributed by atoms with Gasteiger partial charge in [0.2, 0.25) is 11.8 Å². The fourth-order valence-electron chi connectivity index (χ4n) is 5.08. The minimum absolute atomic E-state index is 0.0277. The van der Waals surface area contributed by atoms with Gasteiger partial charge in [-0.25, -0.2) is 14.3 Å². The van der Waals surface area contributed by atoms with Crippen LogP contribution in [0.1, 0.15) is 52.1 Å². The lowest BCUT2D eigenvalue weighted by molar-refractivity contribution is -0.134. The summed E-state index contributed by atoms with van der Waals surface area (Å²) in [6.45, 7) is 7.03. The molecule has 3 N–H and O–H groups in total. The second kappa shape index (κ2) is 15.8. The zero-order chi connectivity index (χ0) is 33.2. The first-order valence-electron chi connectivity index (χ1n) is 14.7. The van der Waals surface area contributed by atoms with E-state index < -0.39 is 58.8 Å². The standard InChI is InChI=1S/C31H43N5O8S/c1-22(25-13-8-11-23-10-6-7-12-26(23)25)35-18-15-24(16-19-35)36(45(41,42)34-30(40)44-31(2,3)4)21-28(38)33-20-27(37)32-17-9-14-29(39)43-5/h6-14,22,24H,15-21H2,1-5H3,(H,32,37)(H,33,38)(H,34,40)/b14-9+/t22-/m1/s1. The molecule has 1 saturated heterocycles. The number of likely N-dealkylation sites (tertiary alicyclic amines) is 1. The summed E-state index contributed by atoms with van der Waals surface area (Å²) in [4.78, 5) is 50.8. The van der Waals surface area contributed by atoms with E-state index in [1.165, 1.54) is 18.7 Å². The first-order chi connectivity index (χ1) is 21.2. The van der Waals surface area contributed by atoms with E-state index in [0.717, 1.165) is 21.2 Å². The Kier molecular flexibility index (Phi) is 12.5. The number of benzene rings is 2. The molecule has 3 rings (SSSR count). The van der Waals surface area contributed by atoms with Crippen LogP contribution in [-0.4, -0.2) is 93.0 Å². The SMILES string of the molecule is COC(=O)/C=C/CNC(=O)CNC(=O)CN(C1CCN([C@H](C)c2cccc3ccccc23)CC1)S(=O)(=O)NC(=O)OC(C)(C)C. The Labute approximate surface area is 264 Å². The second-order valence-electron chi connectivity index (χ2n) is 11.7. The summed E-state index contributed by atoms with van der Waals surface area (Å²) < 4.78 is 39.4.